The molecule has 20 heavy (non-hydrogen) atoms. The maximum atomic E-state index is 11.5. The average Bonchev–Trinajstić information content (AvgIpc) is 2.47. The number of hydrogen-bond donors (Lipinski definition) is 1. The predicted molar refractivity (Wildman–Crippen MR) is 77.5 cm³/mol. The number of carbonyl (C=O) groups is 1. The highest BCUT2D eigenvalue weighted by atomic mass is 16.6. The van der Waals surface area contributed by atoms with Crippen molar-refractivity contribution in [3.63, 3.8) is 0 Å². The monoisotopic (exact) mass is 274 g/mol. The number of unbranched alkanes of at least 4 members (excludes halogenated alkanes) is 1. The Labute approximate surface area is 117 Å². The first kappa shape index (κ1) is 14.1. The molecule has 0 saturated heterocycles. The average molecular weight is 274 g/mol. The summed E-state index contributed by atoms with van der Waals surface area (Å²) < 4.78 is 10.5. The van der Waals surface area contributed by atoms with E-state index < -0.39 is 0 Å². The zero-order chi connectivity index (χ0) is 14.4. The summed E-state index contributed by atoms with van der Waals surface area (Å²) in [5.74, 6) is 0.154. The molecule has 2 rings (SSSR count). The number of ether oxygens (including phenoxy) is 2. The number of nitrogens with zero attached hydrogens (tertiary/aromatic N) is 1. The van der Waals surface area contributed by atoms with E-state index in [0.29, 0.717) is 23.6 Å². The largest absolute Gasteiger partial charge is 0.480 e. The Morgan fingerprint density at radius 2 is 2.20 bits per heavy atom. The van der Waals surface area contributed by atoms with Crippen LogP contribution in [0.3, 0.4) is 0 Å². The number of rotatable bonds is 6. The van der Waals surface area contributed by atoms with Gasteiger partial charge in [-0.15, -0.1) is 0 Å². The van der Waals surface area contributed by atoms with Crippen LogP contribution in [0.5, 0.6) is 5.75 Å². The Hall–Kier alpha value is -2.30. The van der Waals surface area contributed by atoms with E-state index in [1.165, 1.54) is 0 Å². The van der Waals surface area contributed by atoms with Crippen molar-refractivity contribution in [1.82, 2.24) is 4.98 Å². The van der Waals surface area contributed by atoms with E-state index in [9.17, 15) is 4.79 Å². The number of hydrogen-bond acceptors (Lipinski definition) is 5. The summed E-state index contributed by atoms with van der Waals surface area (Å²) in [5.41, 5.74) is 7.15. The van der Waals surface area contributed by atoms with Crippen molar-refractivity contribution in [2.45, 2.75) is 19.8 Å². The van der Waals surface area contributed by atoms with Gasteiger partial charge in [-0.1, -0.05) is 13.3 Å². The minimum atomic E-state index is -0.376. The molecule has 2 N–H and O–H groups in total. The number of aromatic nitrogens is 1. The third kappa shape index (κ3) is 3.38. The highest BCUT2D eigenvalue weighted by Gasteiger charge is 2.09. The Bertz CT molecular complexity index is 599. The van der Waals surface area contributed by atoms with Gasteiger partial charge in [-0.2, -0.15) is 0 Å². The summed E-state index contributed by atoms with van der Waals surface area (Å²) >= 11 is 0. The van der Waals surface area contributed by atoms with Crippen molar-refractivity contribution in [3.05, 3.63) is 30.5 Å². The van der Waals surface area contributed by atoms with Crippen LogP contribution in [-0.4, -0.2) is 24.2 Å². The number of benzene rings is 1. The normalized spacial score (nSPS) is 10.4. The second-order valence-corrected chi connectivity index (χ2v) is 4.42. The first-order chi connectivity index (χ1) is 9.72. The molecule has 1 heterocycles. The summed E-state index contributed by atoms with van der Waals surface area (Å²) in [6.45, 7) is 2.34. The summed E-state index contributed by atoms with van der Waals surface area (Å²) in [7, 11) is 0. The summed E-state index contributed by atoms with van der Waals surface area (Å²) in [5, 5.41) is 0.810. The van der Waals surface area contributed by atoms with Gasteiger partial charge in [-0.05, 0) is 30.7 Å². The van der Waals surface area contributed by atoms with E-state index in [-0.39, 0.29) is 12.6 Å². The first-order valence-electron chi connectivity index (χ1n) is 6.64. The van der Waals surface area contributed by atoms with Crippen LogP contribution in [0.25, 0.3) is 10.9 Å². The molecule has 1 aromatic heterocycles. The van der Waals surface area contributed by atoms with Crippen LogP contribution in [0.15, 0.2) is 30.5 Å². The van der Waals surface area contributed by atoms with E-state index in [1.54, 1.807) is 18.3 Å². The molecule has 0 atom stereocenters. The third-order valence-corrected chi connectivity index (χ3v) is 2.87. The molecule has 0 radical (unpaired) electrons. The molecule has 0 bridgehead atoms. The van der Waals surface area contributed by atoms with E-state index in [2.05, 4.69) is 4.98 Å². The van der Waals surface area contributed by atoms with Crippen LogP contribution in [-0.2, 0) is 9.53 Å². The molecule has 0 aliphatic rings. The fourth-order valence-corrected chi connectivity index (χ4v) is 1.79. The molecule has 0 amide bonds. The maximum absolute atomic E-state index is 11.5. The second kappa shape index (κ2) is 6.75. The van der Waals surface area contributed by atoms with Crippen molar-refractivity contribution in [2.75, 3.05) is 18.9 Å². The number of esters is 1. The molecular formula is C15H18N2O3. The first-order valence-corrected chi connectivity index (χ1v) is 6.64. The lowest BCUT2D eigenvalue weighted by molar-refractivity contribution is -0.146. The van der Waals surface area contributed by atoms with E-state index in [1.807, 2.05) is 19.1 Å². The van der Waals surface area contributed by atoms with E-state index in [4.69, 9.17) is 15.2 Å². The lowest BCUT2D eigenvalue weighted by Gasteiger charge is -2.09. The van der Waals surface area contributed by atoms with E-state index >= 15 is 0 Å². The van der Waals surface area contributed by atoms with Crippen LogP contribution in [0, 0.1) is 0 Å². The zero-order valence-corrected chi connectivity index (χ0v) is 11.5. The zero-order valence-electron chi connectivity index (χ0n) is 11.5. The van der Waals surface area contributed by atoms with Gasteiger partial charge in [0.15, 0.2) is 6.61 Å². The number of carbonyl (C=O) groups excluding carboxylic acids is 1. The molecule has 0 aliphatic heterocycles. The van der Waals surface area contributed by atoms with Crippen molar-refractivity contribution in [2.24, 2.45) is 0 Å². The van der Waals surface area contributed by atoms with Gasteiger partial charge >= 0.3 is 5.97 Å². The number of fused-ring (bicyclic) bond motifs is 1. The molecule has 1 aromatic carbocycles. The molecule has 106 valence electrons. The fourth-order valence-electron chi connectivity index (χ4n) is 1.79. The minimum absolute atomic E-state index is 0.126. The van der Waals surface area contributed by atoms with Gasteiger partial charge < -0.3 is 15.2 Å². The van der Waals surface area contributed by atoms with Gasteiger partial charge in [0.05, 0.1) is 6.61 Å². The number of nitrogen functional groups attached to an aromatic ring is 1. The van der Waals surface area contributed by atoms with Gasteiger partial charge in [0, 0.05) is 17.3 Å². The highest BCUT2D eigenvalue weighted by molar-refractivity contribution is 5.94. The Morgan fingerprint density at radius 1 is 1.35 bits per heavy atom. The number of pyridine rings is 1. The number of anilines is 1. The molecule has 5 heteroatoms. The number of nitrogens with two attached hydrogens (primary N) is 1. The van der Waals surface area contributed by atoms with E-state index in [0.717, 1.165) is 18.2 Å². The van der Waals surface area contributed by atoms with Gasteiger partial charge in [0.25, 0.3) is 0 Å². The smallest absolute Gasteiger partial charge is 0.344 e. The predicted octanol–water partition coefficient (Wildman–Crippen LogP) is 2.54. The lowest BCUT2D eigenvalue weighted by atomic mass is 10.2. The SMILES string of the molecule is CCCCOC(=O)COc1ccc(N)c2cccnc12. The Kier molecular flexibility index (Phi) is 4.76. The highest BCUT2D eigenvalue weighted by Crippen LogP contribution is 2.27. The molecule has 2 aromatic rings. The molecule has 0 fully saturated rings. The van der Waals surface area contributed by atoms with Crippen LogP contribution in [0.2, 0.25) is 0 Å². The Morgan fingerprint density at radius 3 is 3.00 bits per heavy atom. The summed E-state index contributed by atoms with van der Waals surface area (Å²) in [6, 6.07) is 7.12. The molecular weight excluding hydrogens is 256 g/mol. The van der Waals surface area contributed by atoms with Crippen molar-refractivity contribution < 1.29 is 14.3 Å². The van der Waals surface area contributed by atoms with Gasteiger partial charge in [-0.25, -0.2) is 4.79 Å². The van der Waals surface area contributed by atoms with Crippen molar-refractivity contribution in [1.29, 1.82) is 0 Å². The van der Waals surface area contributed by atoms with Crippen LogP contribution < -0.4 is 10.5 Å². The quantitative estimate of drug-likeness (QED) is 0.498. The molecule has 0 unspecified atom stereocenters. The molecule has 5 nitrogen and oxygen atoms in total. The fraction of sp³-hybridized carbons (Fsp3) is 0.333. The second-order valence-electron chi connectivity index (χ2n) is 4.42. The van der Waals surface area contributed by atoms with Crippen LogP contribution >= 0.6 is 0 Å². The van der Waals surface area contributed by atoms with Crippen molar-refractivity contribution in [3.8, 4) is 5.75 Å². The maximum Gasteiger partial charge on any atom is 0.344 e. The standard InChI is InChI=1S/C15H18N2O3/c1-2-3-9-19-14(18)10-20-13-7-6-12(16)11-5-4-8-17-15(11)13/h4-8H,2-3,9-10,16H2,1H3. The minimum Gasteiger partial charge on any atom is -0.480 e. The van der Waals surface area contributed by atoms with Crippen LogP contribution in [0.1, 0.15) is 19.8 Å². The topological polar surface area (TPSA) is 74.4 Å². The summed E-state index contributed by atoms with van der Waals surface area (Å²) in [6.07, 6.45) is 3.51. The van der Waals surface area contributed by atoms with Gasteiger partial charge in [-0.3, -0.25) is 4.98 Å². The van der Waals surface area contributed by atoms with Crippen LogP contribution in [0.4, 0.5) is 5.69 Å². The molecule has 0 spiro atoms. The summed E-state index contributed by atoms with van der Waals surface area (Å²) in [4.78, 5) is 15.7. The molecule has 0 saturated carbocycles. The third-order valence-electron chi connectivity index (χ3n) is 2.87. The van der Waals surface area contributed by atoms with Crippen molar-refractivity contribution >= 4 is 22.6 Å². The molecule has 0 aliphatic carbocycles. The lowest BCUT2D eigenvalue weighted by Crippen LogP contribution is -2.15. The Balaban J connectivity index is 2.03. The van der Waals surface area contributed by atoms with Gasteiger partial charge in [0.1, 0.15) is 11.3 Å². The van der Waals surface area contributed by atoms with Gasteiger partial charge in [0.2, 0.25) is 0 Å².